The van der Waals surface area contributed by atoms with E-state index in [2.05, 4.69) is 27.8 Å². The molecule has 0 bridgehead atoms. The molecule has 8 nitrogen and oxygen atoms in total. The summed E-state index contributed by atoms with van der Waals surface area (Å²) in [4.78, 5) is 40.7. The van der Waals surface area contributed by atoms with Gasteiger partial charge in [0.1, 0.15) is 13.2 Å². The molecule has 4 rings (SSSR count). The van der Waals surface area contributed by atoms with E-state index in [9.17, 15) is 14.4 Å². The number of carbonyl (C=O) groups is 3. The van der Waals surface area contributed by atoms with Crippen molar-refractivity contribution in [2.45, 2.75) is 64.5 Å². The average molecular weight is 680 g/mol. The number of ether oxygens (including phenoxy) is 3. The van der Waals surface area contributed by atoms with E-state index in [4.69, 9.17) is 19.9 Å². The van der Waals surface area contributed by atoms with Crippen LogP contribution in [0.25, 0.3) is 0 Å². The summed E-state index contributed by atoms with van der Waals surface area (Å²) in [6, 6.07) is 20.1. The Morgan fingerprint density at radius 2 is 1.56 bits per heavy atom. The minimum atomic E-state index is -0.550. The van der Waals surface area contributed by atoms with Crippen molar-refractivity contribution < 1.29 is 28.6 Å². The fourth-order valence-electron chi connectivity index (χ4n) is 5.63. The first-order chi connectivity index (χ1) is 21.8. The Hall–Kier alpha value is -3.53. The summed E-state index contributed by atoms with van der Waals surface area (Å²) < 4.78 is 17.0. The van der Waals surface area contributed by atoms with Gasteiger partial charge in [-0.1, -0.05) is 74.7 Å². The lowest BCUT2D eigenvalue weighted by molar-refractivity contribution is -0.146. The van der Waals surface area contributed by atoms with Gasteiger partial charge in [-0.25, -0.2) is 4.79 Å². The number of esters is 2. The third kappa shape index (κ3) is 9.73. The van der Waals surface area contributed by atoms with E-state index in [1.165, 1.54) is 32.1 Å². The summed E-state index contributed by atoms with van der Waals surface area (Å²) in [5.41, 5.74) is 10.2. The van der Waals surface area contributed by atoms with Crippen LogP contribution < -0.4 is 5.73 Å². The maximum absolute atomic E-state index is 12.8. The maximum Gasteiger partial charge on any atom is 0.338 e. The Morgan fingerprint density at radius 3 is 2.27 bits per heavy atom. The molecule has 9 heteroatoms. The minimum absolute atomic E-state index is 0.0585. The van der Waals surface area contributed by atoms with Crippen LogP contribution in [0.4, 0.5) is 5.69 Å². The Labute approximate surface area is 274 Å². The molecule has 0 amide bonds. The second-order valence-corrected chi connectivity index (χ2v) is 12.2. The molecule has 0 aromatic heterocycles. The van der Waals surface area contributed by atoms with Crippen molar-refractivity contribution in [2.24, 2.45) is 0 Å². The third-order valence-electron chi connectivity index (χ3n) is 8.29. The van der Waals surface area contributed by atoms with Crippen molar-refractivity contribution in [1.82, 2.24) is 4.90 Å². The predicted octanol–water partition coefficient (Wildman–Crippen LogP) is 6.94. The van der Waals surface area contributed by atoms with Crippen molar-refractivity contribution >= 4 is 39.3 Å². The number of hydrogen-bond acceptors (Lipinski definition) is 8. The Morgan fingerprint density at radius 1 is 0.867 bits per heavy atom. The molecule has 3 aromatic carbocycles. The van der Waals surface area contributed by atoms with E-state index in [-0.39, 0.29) is 32.2 Å². The van der Waals surface area contributed by atoms with Crippen molar-refractivity contribution in [1.29, 1.82) is 0 Å². The smallest absolute Gasteiger partial charge is 0.338 e. The van der Waals surface area contributed by atoms with Crippen molar-refractivity contribution in [3.8, 4) is 0 Å². The van der Waals surface area contributed by atoms with Gasteiger partial charge >= 0.3 is 11.9 Å². The quantitative estimate of drug-likeness (QED) is 0.0797. The first kappa shape index (κ1) is 34.3. The third-order valence-corrected chi connectivity index (χ3v) is 8.95. The zero-order valence-corrected chi connectivity index (χ0v) is 27.7. The number of halogens is 1. The number of anilines is 1. The van der Waals surface area contributed by atoms with Gasteiger partial charge in [0.05, 0.1) is 30.4 Å². The minimum Gasteiger partial charge on any atom is -0.463 e. The molecule has 1 atom stereocenters. The van der Waals surface area contributed by atoms with Crippen molar-refractivity contribution in [3.63, 3.8) is 0 Å². The molecule has 45 heavy (non-hydrogen) atoms. The topological polar surface area (TPSA) is 108 Å². The fourth-order valence-corrected chi connectivity index (χ4v) is 6.14. The van der Waals surface area contributed by atoms with Crippen LogP contribution in [-0.4, -0.2) is 61.6 Å². The second-order valence-electron chi connectivity index (χ2n) is 11.3. The number of nitrogen functional groups attached to an aromatic ring is 1. The monoisotopic (exact) mass is 678 g/mol. The number of rotatable bonds is 15. The predicted molar refractivity (Wildman–Crippen MR) is 178 cm³/mol. The normalized spacial score (nSPS) is 14.2. The van der Waals surface area contributed by atoms with E-state index in [0.717, 1.165) is 12.1 Å². The number of ketones is 1. The lowest BCUT2D eigenvalue weighted by Crippen LogP contribution is -2.36. The lowest BCUT2D eigenvalue weighted by atomic mass is 9.93. The molecular formula is C36H43BrN2O6. The SMILES string of the molecule is CCN(Cc1cc(C(=O)OCCOCCOC(=O)C(C)c2cccc(C(=O)c3ccccc3)c2)cc(Br)c1N)C1CCCCC1. The van der Waals surface area contributed by atoms with Crippen LogP contribution in [0, 0.1) is 0 Å². The Kier molecular flexibility index (Phi) is 13.2. The molecule has 1 aliphatic rings. The number of hydrogen-bond donors (Lipinski definition) is 1. The molecule has 1 aliphatic carbocycles. The molecule has 1 unspecified atom stereocenters. The van der Waals surface area contributed by atoms with Crippen LogP contribution in [0.1, 0.15) is 89.3 Å². The standard InChI is InChI=1S/C36H43BrN2O6/c1-3-39(31-15-8-5-9-16-31)24-30-22-29(23-32(37)33(30)38)36(42)45-20-18-43-17-19-44-35(41)25(2)27-13-10-14-28(21-27)34(40)26-11-6-4-7-12-26/h4,6-7,10-14,21-23,25,31H,3,5,8-9,15-20,24,38H2,1-2H3. The van der Waals surface area contributed by atoms with Crippen molar-refractivity contribution in [2.75, 3.05) is 38.7 Å². The van der Waals surface area contributed by atoms with Gasteiger partial charge in [-0.15, -0.1) is 0 Å². The van der Waals surface area contributed by atoms with Gasteiger partial charge in [0.25, 0.3) is 0 Å². The van der Waals surface area contributed by atoms with E-state index in [1.807, 2.05) is 24.3 Å². The van der Waals surface area contributed by atoms with Crippen molar-refractivity contribution in [3.05, 3.63) is 99.0 Å². The van der Waals surface area contributed by atoms with Crippen LogP contribution in [0.2, 0.25) is 0 Å². The molecule has 0 heterocycles. The van der Waals surface area contributed by atoms with Crippen LogP contribution in [0.5, 0.6) is 0 Å². The van der Waals surface area contributed by atoms with E-state index >= 15 is 0 Å². The zero-order valence-electron chi connectivity index (χ0n) is 26.1. The number of benzene rings is 3. The average Bonchev–Trinajstić information content (AvgIpc) is 3.08. The number of carbonyl (C=O) groups excluding carboxylic acids is 3. The van der Waals surface area contributed by atoms with Crippen LogP contribution in [0.3, 0.4) is 0 Å². The van der Waals surface area contributed by atoms with Gasteiger partial charge in [0, 0.05) is 28.2 Å². The number of nitrogens with two attached hydrogens (primary N) is 1. The van der Waals surface area contributed by atoms with E-state index in [1.54, 1.807) is 49.4 Å². The molecule has 0 spiro atoms. The summed E-state index contributed by atoms with van der Waals surface area (Å²) in [5, 5.41) is 0. The van der Waals surface area contributed by atoms with E-state index in [0.29, 0.717) is 45.0 Å². The van der Waals surface area contributed by atoms with Gasteiger partial charge < -0.3 is 19.9 Å². The van der Waals surface area contributed by atoms with Gasteiger partial charge in [0.2, 0.25) is 0 Å². The summed E-state index contributed by atoms with van der Waals surface area (Å²) >= 11 is 3.51. The molecular weight excluding hydrogens is 636 g/mol. The molecule has 3 aromatic rings. The molecule has 0 saturated heterocycles. The molecule has 2 N–H and O–H groups in total. The highest BCUT2D eigenvalue weighted by Gasteiger charge is 2.22. The number of nitrogens with zero attached hydrogens (tertiary/aromatic N) is 1. The van der Waals surface area contributed by atoms with E-state index < -0.39 is 17.9 Å². The van der Waals surface area contributed by atoms with Gasteiger partial charge in [0.15, 0.2) is 5.78 Å². The summed E-state index contributed by atoms with van der Waals surface area (Å²) in [6.07, 6.45) is 6.19. The Balaban J connectivity index is 1.18. The molecule has 0 radical (unpaired) electrons. The fraction of sp³-hybridized carbons (Fsp3) is 0.417. The van der Waals surface area contributed by atoms with Gasteiger partial charge in [-0.2, -0.15) is 0 Å². The van der Waals surface area contributed by atoms with Crippen LogP contribution >= 0.6 is 15.9 Å². The second kappa shape index (κ2) is 17.2. The van der Waals surface area contributed by atoms with Gasteiger partial charge in [-0.3, -0.25) is 14.5 Å². The van der Waals surface area contributed by atoms with Crippen LogP contribution in [0.15, 0.2) is 71.2 Å². The molecule has 0 aliphatic heterocycles. The van der Waals surface area contributed by atoms with Gasteiger partial charge in [-0.05, 0) is 71.6 Å². The van der Waals surface area contributed by atoms with Crippen LogP contribution in [-0.2, 0) is 25.5 Å². The Bertz CT molecular complexity index is 1440. The summed E-state index contributed by atoms with van der Waals surface area (Å²) in [5.74, 6) is -1.52. The summed E-state index contributed by atoms with van der Waals surface area (Å²) in [7, 11) is 0. The largest absolute Gasteiger partial charge is 0.463 e. The molecule has 1 saturated carbocycles. The zero-order chi connectivity index (χ0) is 32.2. The highest BCUT2D eigenvalue weighted by atomic mass is 79.9. The molecule has 240 valence electrons. The highest BCUT2D eigenvalue weighted by molar-refractivity contribution is 9.10. The highest BCUT2D eigenvalue weighted by Crippen LogP contribution is 2.30. The summed E-state index contributed by atoms with van der Waals surface area (Å²) in [6.45, 7) is 5.95. The first-order valence-corrected chi connectivity index (χ1v) is 16.5. The lowest BCUT2D eigenvalue weighted by Gasteiger charge is -2.34. The maximum atomic E-state index is 12.8. The molecule has 1 fully saturated rings. The first-order valence-electron chi connectivity index (χ1n) is 15.7.